The molecule has 0 spiro atoms. The molecule has 1 amide bonds. The molecule has 2 aliphatic carbocycles. The molecule has 4 rings (SSSR count). The molecule has 2 fully saturated rings. The lowest BCUT2D eigenvalue weighted by Gasteiger charge is -2.34. The number of carbonyl (C=O) groups excluding carboxylic acids is 1. The monoisotopic (exact) mass is 327 g/mol. The lowest BCUT2D eigenvalue weighted by Crippen LogP contribution is -3.15. The molecule has 1 aromatic rings. The van der Waals surface area contributed by atoms with E-state index in [0.717, 1.165) is 49.7 Å². The predicted octanol–water partition coefficient (Wildman–Crippen LogP) is 1.00. The van der Waals surface area contributed by atoms with Gasteiger partial charge in [0, 0.05) is 5.92 Å². The van der Waals surface area contributed by atoms with Crippen molar-refractivity contribution in [2.45, 2.75) is 12.8 Å². The van der Waals surface area contributed by atoms with Crippen molar-refractivity contribution in [3.63, 3.8) is 0 Å². The largest absolute Gasteiger partial charge is 0.484 e. The lowest BCUT2D eigenvalue weighted by molar-refractivity contribution is -0.907. The van der Waals surface area contributed by atoms with Gasteiger partial charge in [0.25, 0.3) is 5.91 Å². The fraction of sp³-hybridized carbons (Fsp3) is 0.550. The molecule has 1 aliphatic heterocycles. The smallest absolute Gasteiger partial charge is 0.260 e. The SMILES string of the molecule is O=C(COc1ccccc1)N1CC[NH+](C[C@@H]2C[C@H]3C=C[C@H]2C3)CC1. The highest BCUT2D eigenvalue weighted by Crippen LogP contribution is 2.42. The van der Waals surface area contributed by atoms with E-state index in [1.165, 1.54) is 19.4 Å². The van der Waals surface area contributed by atoms with E-state index >= 15 is 0 Å². The summed E-state index contributed by atoms with van der Waals surface area (Å²) >= 11 is 0. The minimum absolute atomic E-state index is 0.112. The normalized spacial score (nSPS) is 29.2. The quantitative estimate of drug-likeness (QED) is 0.819. The van der Waals surface area contributed by atoms with Gasteiger partial charge < -0.3 is 14.5 Å². The van der Waals surface area contributed by atoms with Crippen molar-refractivity contribution in [1.82, 2.24) is 4.90 Å². The second-order valence-corrected chi connectivity index (χ2v) is 7.48. The van der Waals surface area contributed by atoms with Crippen LogP contribution < -0.4 is 9.64 Å². The van der Waals surface area contributed by atoms with Crippen molar-refractivity contribution in [3.8, 4) is 5.75 Å². The summed E-state index contributed by atoms with van der Waals surface area (Å²) in [6.07, 6.45) is 7.64. The minimum atomic E-state index is 0.112. The van der Waals surface area contributed by atoms with Gasteiger partial charge in [-0.25, -0.2) is 0 Å². The number of benzene rings is 1. The maximum Gasteiger partial charge on any atom is 0.260 e. The standard InChI is InChI=1S/C20H26N2O2/c23-20(15-24-19-4-2-1-3-5-19)22-10-8-21(9-11-22)14-18-13-16-6-7-17(18)12-16/h1-7,16-18H,8-15H2/p+1/t16-,17-,18-/m0/s1. The van der Waals surface area contributed by atoms with E-state index in [4.69, 9.17) is 4.74 Å². The molecule has 1 saturated heterocycles. The Balaban J connectivity index is 1.20. The van der Waals surface area contributed by atoms with Crippen molar-refractivity contribution in [1.29, 1.82) is 0 Å². The van der Waals surface area contributed by atoms with Crippen molar-refractivity contribution in [2.75, 3.05) is 39.3 Å². The topological polar surface area (TPSA) is 34.0 Å². The summed E-state index contributed by atoms with van der Waals surface area (Å²) < 4.78 is 5.58. The van der Waals surface area contributed by atoms with Crippen LogP contribution in [-0.2, 0) is 4.79 Å². The van der Waals surface area contributed by atoms with Crippen molar-refractivity contribution < 1.29 is 14.4 Å². The molecule has 1 N–H and O–H groups in total. The molecule has 1 saturated carbocycles. The van der Waals surface area contributed by atoms with Gasteiger partial charge in [0.05, 0.1) is 32.7 Å². The molecule has 0 aromatic heterocycles. The van der Waals surface area contributed by atoms with Crippen LogP contribution in [0.15, 0.2) is 42.5 Å². The average Bonchev–Trinajstić information content (AvgIpc) is 3.24. The van der Waals surface area contributed by atoms with Gasteiger partial charge in [-0.3, -0.25) is 4.79 Å². The van der Waals surface area contributed by atoms with Gasteiger partial charge in [-0.2, -0.15) is 0 Å². The molecule has 24 heavy (non-hydrogen) atoms. The van der Waals surface area contributed by atoms with Gasteiger partial charge in [0.15, 0.2) is 6.61 Å². The number of fused-ring (bicyclic) bond motifs is 2. The van der Waals surface area contributed by atoms with Crippen LogP contribution in [0.2, 0.25) is 0 Å². The minimum Gasteiger partial charge on any atom is -0.484 e. The van der Waals surface area contributed by atoms with Crippen molar-refractivity contribution in [2.24, 2.45) is 17.8 Å². The van der Waals surface area contributed by atoms with Crippen LogP contribution in [0, 0.1) is 17.8 Å². The zero-order valence-corrected chi connectivity index (χ0v) is 14.2. The highest BCUT2D eigenvalue weighted by atomic mass is 16.5. The van der Waals surface area contributed by atoms with E-state index in [1.807, 2.05) is 35.2 Å². The summed E-state index contributed by atoms with van der Waals surface area (Å²) in [6.45, 7) is 5.32. The number of nitrogens with one attached hydrogen (secondary N) is 1. The van der Waals surface area contributed by atoms with Crippen LogP contribution in [0.5, 0.6) is 5.75 Å². The van der Waals surface area contributed by atoms with Crippen LogP contribution in [0.3, 0.4) is 0 Å². The van der Waals surface area contributed by atoms with Crippen LogP contribution in [0.4, 0.5) is 0 Å². The molecule has 2 bridgehead atoms. The maximum atomic E-state index is 12.3. The Morgan fingerprint density at radius 2 is 1.92 bits per heavy atom. The van der Waals surface area contributed by atoms with Crippen molar-refractivity contribution in [3.05, 3.63) is 42.5 Å². The summed E-state index contributed by atoms with van der Waals surface area (Å²) in [7, 11) is 0. The highest BCUT2D eigenvalue weighted by Gasteiger charge is 2.38. The molecule has 1 aromatic carbocycles. The van der Waals surface area contributed by atoms with Gasteiger partial charge >= 0.3 is 0 Å². The number of rotatable bonds is 5. The van der Waals surface area contributed by atoms with E-state index in [9.17, 15) is 4.79 Å². The Morgan fingerprint density at radius 1 is 1.12 bits per heavy atom. The maximum absolute atomic E-state index is 12.3. The third-order valence-electron chi connectivity index (χ3n) is 5.90. The first-order valence-electron chi connectivity index (χ1n) is 9.25. The van der Waals surface area contributed by atoms with Crippen LogP contribution in [0.1, 0.15) is 12.8 Å². The average molecular weight is 327 g/mol. The fourth-order valence-corrected chi connectivity index (χ4v) is 4.53. The zero-order valence-electron chi connectivity index (χ0n) is 14.2. The predicted molar refractivity (Wildman–Crippen MR) is 92.9 cm³/mol. The highest BCUT2D eigenvalue weighted by molar-refractivity contribution is 5.77. The fourth-order valence-electron chi connectivity index (χ4n) is 4.53. The number of carbonyl (C=O) groups is 1. The van der Waals surface area contributed by atoms with Crippen LogP contribution in [0.25, 0.3) is 0 Å². The number of piperazine rings is 1. The van der Waals surface area contributed by atoms with Gasteiger partial charge in [-0.05, 0) is 36.8 Å². The Labute approximate surface area is 144 Å². The molecule has 0 unspecified atom stereocenters. The summed E-state index contributed by atoms with van der Waals surface area (Å²) in [5.74, 6) is 3.44. The zero-order chi connectivity index (χ0) is 16.4. The molecule has 4 nitrogen and oxygen atoms in total. The van der Waals surface area contributed by atoms with E-state index in [-0.39, 0.29) is 12.5 Å². The first-order valence-corrected chi connectivity index (χ1v) is 9.25. The second-order valence-electron chi connectivity index (χ2n) is 7.48. The van der Waals surface area contributed by atoms with Crippen molar-refractivity contribution >= 4 is 5.91 Å². The number of para-hydroxylation sites is 1. The third-order valence-corrected chi connectivity index (χ3v) is 5.90. The molecular weight excluding hydrogens is 300 g/mol. The van der Waals surface area contributed by atoms with Crippen LogP contribution >= 0.6 is 0 Å². The summed E-state index contributed by atoms with van der Waals surface area (Å²) in [5, 5.41) is 0. The number of nitrogens with zero attached hydrogens (tertiary/aromatic N) is 1. The molecular formula is C20H27N2O2+. The van der Waals surface area contributed by atoms with Gasteiger partial charge in [-0.1, -0.05) is 30.4 Å². The van der Waals surface area contributed by atoms with Gasteiger partial charge in [0.1, 0.15) is 5.75 Å². The lowest BCUT2D eigenvalue weighted by atomic mass is 9.93. The number of hydrogen-bond acceptors (Lipinski definition) is 2. The van der Waals surface area contributed by atoms with E-state index in [1.54, 1.807) is 4.90 Å². The summed E-state index contributed by atoms with van der Waals surface area (Å²) in [6, 6.07) is 9.57. The van der Waals surface area contributed by atoms with E-state index < -0.39 is 0 Å². The first-order chi connectivity index (χ1) is 11.8. The number of amides is 1. The number of allylic oxidation sites excluding steroid dienone is 2. The van der Waals surface area contributed by atoms with E-state index in [2.05, 4.69) is 12.2 Å². The first kappa shape index (κ1) is 15.7. The number of quaternary nitrogens is 1. The summed E-state index contributed by atoms with van der Waals surface area (Å²) in [4.78, 5) is 15.9. The molecule has 4 heteroatoms. The Kier molecular flexibility index (Phi) is 4.56. The van der Waals surface area contributed by atoms with Gasteiger partial charge in [0.2, 0.25) is 0 Å². The Bertz CT molecular complexity index is 593. The third kappa shape index (κ3) is 3.48. The molecule has 0 radical (unpaired) electrons. The molecule has 3 atom stereocenters. The Hall–Kier alpha value is -1.81. The molecule has 128 valence electrons. The second kappa shape index (κ2) is 6.98. The molecule has 1 heterocycles. The Morgan fingerprint density at radius 3 is 2.58 bits per heavy atom. The number of ether oxygens (including phenoxy) is 1. The van der Waals surface area contributed by atoms with E-state index in [0.29, 0.717) is 0 Å². The van der Waals surface area contributed by atoms with Gasteiger partial charge in [-0.15, -0.1) is 0 Å². The summed E-state index contributed by atoms with van der Waals surface area (Å²) in [5.41, 5.74) is 0. The molecule has 3 aliphatic rings. The number of hydrogen-bond donors (Lipinski definition) is 1. The van der Waals surface area contributed by atoms with Crippen LogP contribution in [-0.4, -0.2) is 50.1 Å².